The maximum Gasteiger partial charge on any atom is 0.300 e. The van der Waals surface area contributed by atoms with Crippen LogP contribution < -0.4 is 14.8 Å². The number of anilines is 1. The molecule has 10 heteroatoms. The molecule has 0 aliphatic carbocycles. The Morgan fingerprint density at radius 1 is 1.06 bits per heavy atom. The van der Waals surface area contributed by atoms with Crippen LogP contribution in [0.15, 0.2) is 83.4 Å². The normalized spacial score (nSPS) is 17.5. The zero-order valence-electron chi connectivity index (χ0n) is 18.8. The number of nitrogens with two attached hydrogens (primary N) is 1. The molecule has 0 spiro atoms. The van der Waals surface area contributed by atoms with Crippen LogP contribution in [0, 0.1) is 0 Å². The molecule has 1 saturated heterocycles. The first kappa shape index (κ1) is 24.1. The number of pyridine rings is 1. The van der Waals surface area contributed by atoms with E-state index in [-0.39, 0.29) is 21.9 Å². The van der Waals surface area contributed by atoms with E-state index in [2.05, 4.69) is 4.98 Å². The molecular weight excluding hydrogens is 470 g/mol. The van der Waals surface area contributed by atoms with Crippen molar-refractivity contribution in [3.63, 3.8) is 0 Å². The van der Waals surface area contributed by atoms with Crippen molar-refractivity contribution in [1.82, 2.24) is 4.98 Å². The highest BCUT2D eigenvalue weighted by atomic mass is 32.2. The van der Waals surface area contributed by atoms with Crippen molar-refractivity contribution in [3.05, 3.63) is 89.8 Å². The molecule has 180 valence electrons. The molecular formula is C25H23N3O6S. The van der Waals surface area contributed by atoms with Gasteiger partial charge in [0.25, 0.3) is 11.7 Å². The molecule has 1 fully saturated rings. The number of carbonyl (C=O) groups is 2. The molecule has 1 aliphatic heterocycles. The van der Waals surface area contributed by atoms with Crippen molar-refractivity contribution >= 4 is 33.2 Å². The fourth-order valence-electron chi connectivity index (χ4n) is 3.80. The van der Waals surface area contributed by atoms with Crippen LogP contribution in [0.5, 0.6) is 5.75 Å². The average Bonchev–Trinajstić information content (AvgIpc) is 3.13. The van der Waals surface area contributed by atoms with E-state index in [1.54, 1.807) is 42.5 Å². The van der Waals surface area contributed by atoms with Crippen LogP contribution in [-0.4, -0.2) is 36.8 Å². The Labute approximate surface area is 202 Å². The van der Waals surface area contributed by atoms with E-state index in [1.807, 2.05) is 6.92 Å². The summed E-state index contributed by atoms with van der Waals surface area (Å²) in [4.78, 5) is 31.6. The molecule has 2 heterocycles. The second-order valence-electron chi connectivity index (χ2n) is 7.84. The summed E-state index contributed by atoms with van der Waals surface area (Å²) in [6.45, 7) is 2.53. The number of aliphatic hydroxyl groups excluding tert-OH is 1. The quantitative estimate of drug-likeness (QED) is 0.293. The Kier molecular flexibility index (Phi) is 6.68. The number of ketones is 1. The number of nitrogens with zero attached hydrogens (tertiary/aromatic N) is 2. The van der Waals surface area contributed by atoms with Crippen LogP contribution >= 0.6 is 0 Å². The van der Waals surface area contributed by atoms with Crippen LogP contribution in [-0.2, 0) is 19.6 Å². The molecule has 2 aromatic carbocycles. The molecule has 1 unspecified atom stereocenters. The van der Waals surface area contributed by atoms with Gasteiger partial charge >= 0.3 is 0 Å². The summed E-state index contributed by atoms with van der Waals surface area (Å²) in [6.07, 6.45) is 2.35. The van der Waals surface area contributed by atoms with E-state index in [4.69, 9.17) is 9.88 Å². The summed E-state index contributed by atoms with van der Waals surface area (Å²) in [5.41, 5.74) is 0.799. The van der Waals surface area contributed by atoms with E-state index >= 15 is 0 Å². The van der Waals surface area contributed by atoms with Gasteiger partial charge in [0.2, 0.25) is 10.0 Å². The highest BCUT2D eigenvalue weighted by molar-refractivity contribution is 7.89. The van der Waals surface area contributed by atoms with Crippen LogP contribution in [0.4, 0.5) is 5.69 Å². The van der Waals surface area contributed by atoms with Gasteiger partial charge in [0.05, 0.1) is 22.8 Å². The maximum atomic E-state index is 13.1. The summed E-state index contributed by atoms with van der Waals surface area (Å²) in [5, 5.41) is 16.3. The minimum Gasteiger partial charge on any atom is -0.507 e. The highest BCUT2D eigenvalue weighted by Gasteiger charge is 2.47. The first-order chi connectivity index (χ1) is 16.7. The second-order valence-corrected chi connectivity index (χ2v) is 9.40. The Morgan fingerprint density at radius 3 is 2.31 bits per heavy atom. The van der Waals surface area contributed by atoms with Gasteiger partial charge in [-0.05, 0) is 67.1 Å². The van der Waals surface area contributed by atoms with Gasteiger partial charge in [-0.3, -0.25) is 19.5 Å². The largest absolute Gasteiger partial charge is 0.507 e. The predicted octanol–water partition coefficient (Wildman–Crippen LogP) is 3.14. The van der Waals surface area contributed by atoms with Crippen LogP contribution in [0.2, 0.25) is 0 Å². The lowest BCUT2D eigenvalue weighted by molar-refractivity contribution is -0.132. The molecule has 1 amide bonds. The molecule has 4 rings (SSSR count). The molecule has 35 heavy (non-hydrogen) atoms. The van der Waals surface area contributed by atoms with Gasteiger partial charge in [-0.2, -0.15) is 0 Å². The first-order valence-electron chi connectivity index (χ1n) is 10.8. The Hall–Kier alpha value is -4.02. The molecule has 0 saturated carbocycles. The number of benzene rings is 2. The Morgan fingerprint density at radius 2 is 1.74 bits per heavy atom. The van der Waals surface area contributed by atoms with Crippen LogP contribution in [0.1, 0.15) is 30.6 Å². The number of aromatic nitrogens is 1. The van der Waals surface area contributed by atoms with E-state index < -0.39 is 27.8 Å². The van der Waals surface area contributed by atoms with Gasteiger partial charge in [0.15, 0.2) is 0 Å². The van der Waals surface area contributed by atoms with Crippen LogP contribution in [0.3, 0.4) is 0 Å². The number of rotatable bonds is 7. The average molecular weight is 494 g/mol. The molecule has 1 aliphatic rings. The van der Waals surface area contributed by atoms with Gasteiger partial charge in [-0.1, -0.05) is 13.0 Å². The number of aliphatic hydroxyl groups is 1. The van der Waals surface area contributed by atoms with E-state index in [0.29, 0.717) is 23.6 Å². The topological polar surface area (TPSA) is 140 Å². The second kappa shape index (κ2) is 9.69. The van der Waals surface area contributed by atoms with E-state index in [1.165, 1.54) is 35.4 Å². The summed E-state index contributed by atoms with van der Waals surface area (Å²) in [7, 11) is -3.95. The first-order valence-corrected chi connectivity index (χ1v) is 12.3. The van der Waals surface area contributed by atoms with Crippen molar-refractivity contribution < 1.29 is 27.9 Å². The zero-order chi connectivity index (χ0) is 25.2. The van der Waals surface area contributed by atoms with Gasteiger partial charge in [0.1, 0.15) is 17.6 Å². The number of sulfonamides is 1. The standard InChI is InChI=1S/C25H23N3O6S/c1-2-15-34-18-10-6-16(7-11-18)23(29)21-22(20-5-3-4-14-27-20)28(25(31)24(21)30)17-8-12-19(13-9-17)35(26,32)33/h3-14,22,29H,2,15H2,1H3,(H2,26,32,33)/b23-21+. The molecule has 0 radical (unpaired) electrons. The molecule has 1 aromatic heterocycles. The van der Waals surface area contributed by atoms with Crippen LogP contribution in [0.25, 0.3) is 5.76 Å². The van der Waals surface area contributed by atoms with E-state index in [0.717, 1.165) is 6.42 Å². The fraction of sp³-hybridized carbons (Fsp3) is 0.160. The van der Waals surface area contributed by atoms with Gasteiger partial charge < -0.3 is 9.84 Å². The summed E-state index contributed by atoms with van der Waals surface area (Å²) in [5.74, 6) is -1.52. The molecule has 3 N–H and O–H groups in total. The maximum absolute atomic E-state index is 13.1. The number of hydrogen-bond donors (Lipinski definition) is 2. The van der Waals surface area contributed by atoms with Gasteiger partial charge in [-0.25, -0.2) is 13.6 Å². The summed E-state index contributed by atoms with van der Waals surface area (Å²) >= 11 is 0. The summed E-state index contributed by atoms with van der Waals surface area (Å²) < 4.78 is 28.8. The van der Waals surface area contributed by atoms with Crippen molar-refractivity contribution in [2.45, 2.75) is 24.3 Å². The monoisotopic (exact) mass is 493 g/mol. The smallest absolute Gasteiger partial charge is 0.300 e. The fourth-order valence-corrected chi connectivity index (χ4v) is 4.31. The number of Topliss-reactive ketones (excluding diaryl/α,β-unsaturated/α-hetero) is 1. The minimum atomic E-state index is -3.95. The third-order valence-corrected chi connectivity index (χ3v) is 6.39. The lowest BCUT2D eigenvalue weighted by Crippen LogP contribution is -2.29. The Balaban J connectivity index is 1.82. The third-order valence-electron chi connectivity index (χ3n) is 5.46. The highest BCUT2D eigenvalue weighted by Crippen LogP contribution is 2.41. The molecule has 0 bridgehead atoms. The number of amides is 1. The molecule has 1 atom stereocenters. The Bertz CT molecular complexity index is 1390. The number of ether oxygens (including phenoxy) is 1. The lowest BCUT2D eigenvalue weighted by Gasteiger charge is -2.24. The third kappa shape index (κ3) is 4.79. The minimum absolute atomic E-state index is 0.133. The van der Waals surface area contributed by atoms with Crippen molar-refractivity contribution in [2.75, 3.05) is 11.5 Å². The van der Waals surface area contributed by atoms with Gasteiger partial charge in [-0.15, -0.1) is 0 Å². The number of hydrogen-bond acceptors (Lipinski definition) is 7. The molecule has 9 nitrogen and oxygen atoms in total. The lowest BCUT2D eigenvalue weighted by atomic mass is 9.98. The predicted molar refractivity (Wildman–Crippen MR) is 129 cm³/mol. The number of carbonyl (C=O) groups excluding carboxylic acids is 2. The van der Waals surface area contributed by atoms with Crippen molar-refractivity contribution in [1.29, 1.82) is 0 Å². The van der Waals surface area contributed by atoms with Gasteiger partial charge in [0, 0.05) is 17.4 Å². The van der Waals surface area contributed by atoms with E-state index in [9.17, 15) is 23.1 Å². The van der Waals surface area contributed by atoms with Crippen molar-refractivity contribution in [3.8, 4) is 5.75 Å². The molecule has 3 aromatic rings. The SMILES string of the molecule is CCCOc1ccc(/C(O)=C2\C(=O)C(=O)N(c3ccc(S(N)(=O)=O)cc3)C2c2ccccn2)cc1. The summed E-state index contributed by atoms with van der Waals surface area (Å²) in [6, 6.07) is 15.8. The van der Waals surface area contributed by atoms with Crippen molar-refractivity contribution in [2.24, 2.45) is 5.14 Å². The zero-order valence-corrected chi connectivity index (χ0v) is 19.6. The number of primary sulfonamides is 1.